The smallest absolute Gasteiger partial charge is 0.134 e. The van der Waals surface area contributed by atoms with Gasteiger partial charge in [-0.1, -0.05) is 18.2 Å². The first-order valence-electron chi connectivity index (χ1n) is 8.61. The first-order valence-corrected chi connectivity index (χ1v) is 8.61. The molecule has 5 nitrogen and oxygen atoms in total. The Labute approximate surface area is 142 Å². The summed E-state index contributed by atoms with van der Waals surface area (Å²) in [6, 6.07) is 10.5. The number of aryl methyl sites for hydroxylation is 2. The van der Waals surface area contributed by atoms with E-state index in [1.165, 1.54) is 10.9 Å². The molecule has 1 aliphatic rings. The second-order valence-electron chi connectivity index (χ2n) is 6.82. The Hall–Kier alpha value is -2.27. The van der Waals surface area contributed by atoms with Gasteiger partial charge in [0, 0.05) is 37.0 Å². The third-order valence-corrected chi connectivity index (χ3v) is 4.89. The lowest BCUT2D eigenvalue weighted by molar-refractivity contribution is 0.359. The molecule has 0 amide bonds. The molecule has 3 aromatic rings. The van der Waals surface area contributed by atoms with Crippen LogP contribution in [0.5, 0.6) is 0 Å². The van der Waals surface area contributed by atoms with E-state index in [9.17, 15) is 0 Å². The lowest BCUT2D eigenvalue weighted by Gasteiger charge is -2.26. The third-order valence-electron chi connectivity index (χ3n) is 4.89. The number of nitrogens with one attached hydrogen (secondary N) is 2. The van der Waals surface area contributed by atoms with E-state index in [1.54, 1.807) is 0 Å². The maximum Gasteiger partial charge on any atom is 0.134 e. The van der Waals surface area contributed by atoms with Gasteiger partial charge in [0.2, 0.25) is 0 Å². The minimum atomic E-state index is 0.193. The maximum absolute atomic E-state index is 6.06. The summed E-state index contributed by atoms with van der Waals surface area (Å²) in [7, 11) is 0. The number of fused-ring (bicyclic) bond motifs is 2. The van der Waals surface area contributed by atoms with Gasteiger partial charge in [-0.2, -0.15) is 5.10 Å². The molecular weight excluding hydrogens is 300 g/mol. The van der Waals surface area contributed by atoms with Crippen LogP contribution in [0.25, 0.3) is 11.0 Å². The zero-order valence-corrected chi connectivity index (χ0v) is 14.5. The van der Waals surface area contributed by atoms with E-state index < -0.39 is 0 Å². The maximum atomic E-state index is 6.06. The van der Waals surface area contributed by atoms with Crippen LogP contribution in [-0.4, -0.2) is 22.9 Å². The highest BCUT2D eigenvalue weighted by atomic mass is 16.3. The van der Waals surface area contributed by atoms with Crippen molar-refractivity contribution in [3.05, 3.63) is 47.3 Å². The Morgan fingerprint density at radius 2 is 2.21 bits per heavy atom. The molecule has 5 heteroatoms. The van der Waals surface area contributed by atoms with Crippen LogP contribution in [0.2, 0.25) is 0 Å². The Balaban J connectivity index is 1.43. The standard InChI is InChI=1S/C19H24N4O/c1-12-8-18-21-10-15(11-23(18)22-12)9-20-14(3)19-13(2)16-6-4-5-7-17(16)24-19/h4-8,14-15,20-21H,9-11H2,1-3H3/t14-,15-/m0/s1. The lowest BCUT2D eigenvalue weighted by atomic mass is 10.1. The second-order valence-corrected chi connectivity index (χ2v) is 6.82. The second kappa shape index (κ2) is 5.98. The summed E-state index contributed by atoms with van der Waals surface area (Å²) in [6.07, 6.45) is 0. The van der Waals surface area contributed by atoms with Crippen molar-refractivity contribution in [2.75, 3.05) is 18.4 Å². The topological polar surface area (TPSA) is 55.0 Å². The molecule has 2 atom stereocenters. The van der Waals surface area contributed by atoms with Gasteiger partial charge in [0.05, 0.1) is 11.7 Å². The van der Waals surface area contributed by atoms with Crippen molar-refractivity contribution in [1.29, 1.82) is 0 Å². The highest BCUT2D eigenvalue weighted by Gasteiger charge is 2.21. The molecule has 0 spiro atoms. The lowest BCUT2D eigenvalue weighted by Crippen LogP contribution is -2.36. The summed E-state index contributed by atoms with van der Waals surface area (Å²) in [4.78, 5) is 0. The van der Waals surface area contributed by atoms with Crippen LogP contribution in [0.1, 0.15) is 30.0 Å². The van der Waals surface area contributed by atoms with Crippen LogP contribution in [0, 0.1) is 19.8 Å². The van der Waals surface area contributed by atoms with Gasteiger partial charge in [0.25, 0.3) is 0 Å². The first kappa shape index (κ1) is 15.3. The monoisotopic (exact) mass is 324 g/mol. The van der Waals surface area contributed by atoms with Crippen molar-refractivity contribution in [2.45, 2.75) is 33.4 Å². The Morgan fingerprint density at radius 1 is 1.38 bits per heavy atom. The molecule has 1 aliphatic heterocycles. The average Bonchev–Trinajstić information content (AvgIpc) is 3.12. The normalized spacial score (nSPS) is 18.4. The van der Waals surface area contributed by atoms with Crippen molar-refractivity contribution in [3.63, 3.8) is 0 Å². The fourth-order valence-corrected chi connectivity index (χ4v) is 3.56. The minimum absolute atomic E-state index is 0.193. The van der Waals surface area contributed by atoms with E-state index in [1.807, 2.05) is 19.1 Å². The fourth-order valence-electron chi connectivity index (χ4n) is 3.56. The van der Waals surface area contributed by atoms with Gasteiger partial charge in [-0.05, 0) is 32.4 Å². The molecule has 0 bridgehead atoms. The molecule has 24 heavy (non-hydrogen) atoms. The van der Waals surface area contributed by atoms with Crippen molar-refractivity contribution in [2.24, 2.45) is 5.92 Å². The Bertz CT molecular complexity index is 864. The first-order chi connectivity index (χ1) is 11.6. The molecular formula is C19H24N4O. The van der Waals surface area contributed by atoms with E-state index in [-0.39, 0.29) is 6.04 Å². The van der Waals surface area contributed by atoms with Gasteiger partial charge < -0.3 is 15.1 Å². The molecule has 126 valence electrons. The summed E-state index contributed by atoms with van der Waals surface area (Å²) in [6.45, 7) is 9.21. The van der Waals surface area contributed by atoms with Crippen LogP contribution in [0.3, 0.4) is 0 Å². The number of hydrogen-bond acceptors (Lipinski definition) is 4. The van der Waals surface area contributed by atoms with Crippen LogP contribution >= 0.6 is 0 Å². The number of hydrogen-bond donors (Lipinski definition) is 2. The Kier molecular flexibility index (Phi) is 3.81. The Morgan fingerprint density at radius 3 is 3.04 bits per heavy atom. The molecule has 0 radical (unpaired) electrons. The molecule has 0 aliphatic carbocycles. The van der Waals surface area contributed by atoms with Crippen LogP contribution in [0.4, 0.5) is 5.82 Å². The molecule has 0 unspecified atom stereocenters. The SMILES string of the molecule is Cc1cc2n(n1)C[C@@H](CN[C@@H](C)c1oc3ccccc3c1C)CN2. The number of rotatable bonds is 4. The molecule has 1 aromatic carbocycles. The highest BCUT2D eigenvalue weighted by molar-refractivity contribution is 5.82. The van der Waals surface area contributed by atoms with E-state index in [4.69, 9.17) is 4.42 Å². The van der Waals surface area contributed by atoms with Gasteiger partial charge in [-0.3, -0.25) is 0 Å². The molecule has 4 rings (SSSR count). The zero-order chi connectivity index (χ0) is 16.7. The van der Waals surface area contributed by atoms with Crippen molar-refractivity contribution in [1.82, 2.24) is 15.1 Å². The summed E-state index contributed by atoms with van der Waals surface area (Å²) >= 11 is 0. The number of furan rings is 1. The predicted molar refractivity (Wildman–Crippen MR) is 96.3 cm³/mol. The summed E-state index contributed by atoms with van der Waals surface area (Å²) in [5.74, 6) is 2.68. The molecule has 2 aromatic heterocycles. The van der Waals surface area contributed by atoms with E-state index in [0.717, 1.165) is 42.5 Å². The number of aromatic nitrogens is 2. The predicted octanol–water partition coefficient (Wildman–Crippen LogP) is 3.64. The van der Waals surface area contributed by atoms with Gasteiger partial charge in [0.1, 0.15) is 17.2 Å². The highest BCUT2D eigenvalue weighted by Crippen LogP contribution is 2.29. The van der Waals surface area contributed by atoms with Crippen LogP contribution in [-0.2, 0) is 6.54 Å². The third kappa shape index (κ3) is 2.69. The number of nitrogens with zero attached hydrogens (tertiary/aromatic N) is 2. The largest absolute Gasteiger partial charge is 0.459 e. The fraction of sp³-hybridized carbons (Fsp3) is 0.421. The van der Waals surface area contributed by atoms with E-state index in [0.29, 0.717) is 5.92 Å². The number of para-hydroxylation sites is 1. The minimum Gasteiger partial charge on any atom is -0.459 e. The molecule has 3 heterocycles. The van der Waals surface area contributed by atoms with Crippen molar-refractivity contribution < 1.29 is 4.42 Å². The quantitative estimate of drug-likeness (QED) is 0.769. The number of benzene rings is 1. The van der Waals surface area contributed by atoms with Crippen molar-refractivity contribution in [3.8, 4) is 0 Å². The zero-order valence-electron chi connectivity index (χ0n) is 14.5. The van der Waals surface area contributed by atoms with E-state index >= 15 is 0 Å². The van der Waals surface area contributed by atoms with Gasteiger partial charge in [-0.25, -0.2) is 4.68 Å². The van der Waals surface area contributed by atoms with Crippen LogP contribution < -0.4 is 10.6 Å². The van der Waals surface area contributed by atoms with Crippen LogP contribution in [0.15, 0.2) is 34.7 Å². The molecule has 2 N–H and O–H groups in total. The van der Waals surface area contributed by atoms with Crippen molar-refractivity contribution >= 4 is 16.8 Å². The molecule has 0 saturated heterocycles. The number of anilines is 1. The summed E-state index contributed by atoms with van der Waals surface area (Å²) in [5.41, 5.74) is 3.27. The molecule has 0 saturated carbocycles. The summed E-state index contributed by atoms with van der Waals surface area (Å²) in [5, 5.41) is 12.8. The van der Waals surface area contributed by atoms with Gasteiger partial charge >= 0.3 is 0 Å². The summed E-state index contributed by atoms with van der Waals surface area (Å²) < 4.78 is 8.14. The average molecular weight is 324 g/mol. The van der Waals surface area contributed by atoms with E-state index in [2.05, 4.69) is 52.5 Å². The van der Waals surface area contributed by atoms with Gasteiger partial charge in [0.15, 0.2) is 0 Å². The van der Waals surface area contributed by atoms with Gasteiger partial charge in [-0.15, -0.1) is 0 Å². The molecule has 0 fully saturated rings.